The molecule has 1 aliphatic heterocycles. The van der Waals surface area contributed by atoms with E-state index in [-0.39, 0.29) is 24.6 Å². The Hall–Kier alpha value is -4.65. The lowest BCUT2D eigenvalue weighted by Gasteiger charge is -2.43. The third kappa shape index (κ3) is 9.71. The Morgan fingerprint density at radius 3 is 2.16 bits per heavy atom. The number of fused-ring (bicyclic) bond motifs is 1. The molecule has 1 aromatic heterocycles. The average Bonchev–Trinajstić information content (AvgIpc) is 3.47. The molecule has 1 aliphatic rings. The van der Waals surface area contributed by atoms with E-state index in [2.05, 4.69) is 15.0 Å². The molecule has 17 nitrogen and oxygen atoms in total. The number of carbonyl (C=O) groups is 4. The van der Waals surface area contributed by atoms with E-state index < -0.39 is 71.2 Å². The molecule has 2 aromatic carbocycles. The maximum Gasteiger partial charge on any atom is 0.303 e. The predicted octanol–water partition coefficient (Wildman–Crippen LogP) is 1.08. The maximum atomic E-state index is 13.3. The number of nitrogens with zero attached hydrogens (tertiary/aromatic N) is 4. The second kappa shape index (κ2) is 16.2. The summed E-state index contributed by atoms with van der Waals surface area (Å²) >= 11 is 0. The van der Waals surface area contributed by atoms with Crippen molar-refractivity contribution in [3.05, 3.63) is 48.3 Å². The van der Waals surface area contributed by atoms with E-state index in [1.807, 2.05) is 31.1 Å². The molecule has 2 heterocycles. The zero-order valence-electron chi connectivity index (χ0n) is 27.9. The molecule has 18 heteroatoms. The Morgan fingerprint density at radius 2 is 1.51 bits per heavy atom. The standard InChI is InChI=1S/C31H39N5O12S/c1-18(37)43-17-26-28(45-19(2)38)29(46-20(3)39)30(47-21(4)40)31(48-26)44-16-22-15-36(34-33-22)14-13-32-49(41,42)27-12-8-9-23-24(27)10-7-11-25(23)35(5)6/h7-12,15,26,28-32H,13-14,16-17H2,1-6H3/t26-,28-,29+,30-,31-/m1/s1. The summed E-state index contributed by atoms with van der Waals surface area (Å²) in [6.45, 7) is 3.99. The second-order valence-corrected chi connectivity index (χ2v) is 13.0. The van der Waals surface area contributed by atoms with Crippen LogP contribution in [0.25, 0.3) is 10.8 Å². The minimum Gasteiger partial charge on any atom is -0.463 e. The van der Waals surface area contributed by atoms with Crippen molar-refractivity contribution in [1.29, 1.82) is 0 Å². The van der Waals surface area contributed by atoms with Crippen molar-refractivity contribution in [2.24, 2.45) is 0 Å². The highest BCUT2D eigenvalue weighted by molar-refractivity contribution is 7.89. The van der Waals surface area contributed by atoms with E-state index >= 15 is 0 Å². The van der Waals surface area contributed by atoms with Gasteiger partial charge in [0.2, 0.25) is 10.0 Å². The molecule has 5 atom stereocenters. The van der Waals surface area contributed by atoms with Crippen LogP contribution in [-0.2, 0) is 70.8 Å². The number of ether oxygens (including phenoxy) is 6. The van der Waals surface area contributed by atoms with Gasteiger partial charge in [0.05, 0.1) is 24.2 Å². The summed E-state index contributed by atoms with van der Waals surface area (Å²) in [6.07, 6.45) is -5.16. The summed E-state index contributed by atoms with van der Waals surface area (Å²) in [5.41, 5.74) is 1.18. The van der Waals surface area contributed by atoms with Gasteiger partial charge in [0.1, 0.15) is 18.4 Å². The molecule has 4 rings (SSSR count). The summed E-state index contributed by atoms with van der Waals surface area (Å²) in [5.74, 6) is -2.95. The molecule has 0 radical (unpaired) electrons. The van der Waals surface area contributed by atoms with Crippen LogP contribution in [0.2, 0.25) is 0 Å². The topological polar surface area (TPSA) is 204 Å². The van der Waals surface area contributed by atoms with E-state index in [1.165, 1.54) is 17.8 Å². The number of esters is 4. The van der Waals surface area contributed by atoms with E-state index in [1.54, 1.807) is 24.3 Å². The fourth-order valence-electron chi connectivity index (χ4n) is 5.27. The Labute approximate surface area is 282 Å². The molecule has 0 bridgehead atoms. The third-order valence-corrected chi connectivity index (χ3v) is 8.71. The minimum atomic E-state index is -3.89. The molecule has 0 aliphatic carbocycles. The van der Waals surface area contributed by atoms with Crippen LogP contribution in [0.5, 0.6) is 0 Å². The summed E-state index contributed by atoms with van der Waals surface area (Å²) < 4.78 is 63.5. The Morgan fingerprint density at radius 1 is 0.878 bits per heavy atom. The van der Waals surface area contributed by atoms with Crippen molar-refractivity contribution < 1.29 is 56.0 Å². The number of aromatic nitrogens is 3. The van der Waals surface area contributed by atoms with E-state index in [0.29, 0.717) is 11.1 Å². The highest BCUT2D eigenvalue weighted by Gasteiger charge is 2.52. The van der Waals surface area contributed by atoms with Crippen LogP contribution in [-0.4, -0.2) is 105 Å². The van der Waals surface area contributed by atoms with Crippen LogP contribution in [0.3, 0.4) is 0 Å². The number of anilines is 1. The maximum absolute atomic E-state index is 13.3. The zero-order chi connectivity index (χ0) is 35.9. The van der Waals surface area contributed by atoms with Gasteiger partial charge in [0.15, 0.2) is 24.6 Å². The van der Waals surface area contributed by atoms with Crippen LogP contribution in [0.15, 0.2) is 47.5 Å². The lowest BCUT2D eigenvalue weighted by molar-refractivity contribution is -0.310. The van der Waals surface area contributed by atoms with Gasteiger partial charge in [-0.3, -0.25) is 23.9 Å². The van der Waals surface area contributed by atoms with Gasteiger partial charge < -0.3 is 33.3 Å². The largest absolute Gasteiger partial charge is 0.463 e. The summed E-state index contributed by atoms with van der Waals surface area (Å²) in [5, 5.41) is 9.45. The highest BCUT2D eigenvalue weighted by atomic mass is 32.2. The fraction of sp³-hybridized carbons (Fsp3) is 0.484. The highest BCUT2D eigenvalue weighted by Crippen LogP contribution is 2.31. The van der Waals surface area contributed by atoms with Crippen LogP contribution < -0.4 is 9.62 Å². The first kappa shape index (κ1) is 37.2. The predicted molar refractivity (Wildman–Crippen MR) is 170 cm³/mol. The van der Waals surface area contributed by atoms with Gasteiger partial charge in [-0.1, -0.05) is 29.5 Å². The number of hydrogen-bond acceptors (Lipinski definition) is 15. The number of nitrogens with one attached hydrogen (secondary N) is 1. The molecule has 1 fully saturated rings. The van der Waals surface area contributed by atoms with Gasteiger partial charge in [0.25, 0.3) is 0 Å². The smallest absolute Gasteiger partial charge is 0.303 e. The molecular weight excluding hydrogens is 666 g/mol. The molecule has 1 saturated heterocycles. The number of sulfonamides is 1. The average molecular weight is 706 g/mol. The van der Waals surface area contributed by atoms with Crippen molar-refractivity contribution in [3.63, 3.8) is 0 Å². The van der Waals surface area contributed by atoms with Crippen molar-refractivity contribution in [3.8, 4) is 0 Å². The van der Waals surface area contributed by atoms with Crippen molar-refractivity contribution in [1.82, 2.24) is 19.7 Å². The second-order valence-electron chi connectivity index (χ2n) is 11.3. The molecule has 49 heavy (non-hydrogen) atoms. The summed E-state index contributed by atoms with van der Waals surface area (Å²) in [4.78, 5) is 49.6. The Kier molecular flexibility index (Phi) is 12.3. The molecule has 266 valence electrons. The fourth-order valence-corrected chi connectivity index (χ4v) is 6.51. The van der Waals surface area contributed by atoms with E-state index in [9.17, 15) is 27.6 Å². The molecule has 0 spiro atoms. The SMILES string of the molecule is CC(=O)OC[C@H]1O[C@@H](OCc2cn(CCNS(=O)(=O)c3cccc4c(N(C)C)cccc34)nn2)[C@H](OC(C)=O)[C@@H](OC(C)=O)[C@@H]1OC(C)=O. The van der Waals surface area contributed by atoms with Gasteiger partial charge in [0, 0.05) is 64.8 Å². The van der Waals surface area contributed by atoms with E-state index in [4.69, 9.17) is 28.4 Å². The summed E-state index contributed by atoms with van der Waals surface area (Å²) in [6, 6.07) is 10.6. The van der Waals surface area contributed by atoms with Crippen LogP contribution in [0, 0.1) is 0 Å². The Bertz CT molecular complexity index is 1780. The van der Waals surface area contributed by atoms with Gasteiger partial charge in [-0.25, -0.2) is 13.1 Å². The van der Waals surface area contributed by atoms with Crippen LogP contribution in [0.4, 0.5) is 5.69 Å². The van der Waals surface area contributed by atoms with Gasteiger partial charge >= 0.3 is 23.9 Å². The monoisotopic (exact) mass is 705 g/mol. The number of benzene rings is 2. The normalized spacial score (nSPS) is 20.7. The summed E-state index contributed by atoms with van der Waals surface area (Å²) in [7, 11) is -0.118. The van der Waals surface area contributed by atoms with Crippen molar-refractivity contribution in [2.45, 2.75) is 76.4 Å². The van der Waals surface area contributed by atoms with Crippen LogP contribution >= 0.6 is 0 Å². The van der Waals surface area contributed by atoms with Crippen molar-refractivity contribution in [2.75, 3.05) is 32.1 Å². The zero-order valence-corrected chi connectivity index (χ0v) is 28.7. The number of carbonyl (C=O) groups excluding carboxylic acids is 4. The lowest BCUT2D eigenvalue weighted by Crippen LogP contribution is -2.62. The van der Waals surface area contributed by atoms with Gasteiger partial charge in [-0.05, 0) is 12.1 Å². The molecule has 1 N–H and O–H groups in total. The van der Waals surface area contributed by atoms with Crippen LogP contribution in [0.1, 0.15) is 33.4 Å². The molecule has 0 saturated carbocycles. The number of rotatable bonds is 14. The first-order chi connectivity index (χ1) is 23.2. The lowest BCUT2D eigenvalue weighted by atomic mass is 9.98. The van der Waals surface area contributed by atoms with E-state index in [0.717, 1.165) is 31.8 Å². The first-order valence-electron chi connectivity index (χ1n) is 15.2. The number of hydrogen-bond donors (Lipinski definition) is 1. The molecule has 0 amide bonds. The van der Waals surface area contributed by atoms with Gasteiger partial charge in [-0.2, -0.15) is 0 Å². The minimum absolute atomic E-state index is 0.00452. The molecular formula is C31H39N5O12S. The van der Waals surface area contributed by atoms with Gasteiger partial charge in [-0.15, -0.1) is 5.10 Å². The van der Waals surface area contributed by atoms with Crippen molar-refractivity contribution >= 4 is 50.4 Å². The first-order valence-corrected chi connectivity index (χ1v) is 16.6. The quantitative estimate of drug-likeness (QED) is 0.184. The molecule has 3 aromatic rings. The Balaban J connectivity index is 1.45. The molecule has 0 unspecified atom stereocenters. The third-order valence-electron chi connectivity index (χ3n) is 7.19.